The van der Waals surface area contributed by atoms with Gasteiger partial charge in [-0.25, -0.2) is 4.39 Å². The van der Waals surface area contributed by atoms with E-state index < -0.39 is 28.3 Å². The summed E-state index contributed by atoms with van der Waals surface area (Å²) in [5, 5.41) is 22.1. The fraction of sp³-hybridized carbons (Fsp3) is 0.364. The molecule has 0 spiro atoms. The zero-order valence-electron chi connectivity index (χ0n) is 10.3. The number of carboxylic acid groups (broad SMARTS) is 1. The van der Waals surface area contributed by atoms with Crippen molar-refractivity contribution in [1.82, 2.24) is 0 Å². The second-order valence-corrected chi connectivity index (χ2v) is 3.88. The molecule has 0 heterocycles. The third kappa shape index (κ3) is 3.54. The molecule has 0 fully saturated rings. The maximum absolute atomic E-state index is 13.4. The molecule has 8 heteroatoms. The monoisotopic (exact) mass is 272 g/mol. The number of nitro groups is 1. The van der Waals surface area contributed by atoms with Gasteiger partial charge in [0.25, 0.3) is 5.69 Å². The summed E-state index contributed by atoms with van der Waals surface area (Å²) < 4.78 is 18.1. The van der Waals surface area contributed by atoms with E-state index in [0.717, 1.165) is 12.1 Å². The molecule has 104 valence electrons. The Bertz CT molecular complexity index is 506. The van der Waals surface area contributed by atoms with E-state index in [1.807, 2.05) is 0 Å². The third-order valence-corrected chi connectivity index (χ3v) is 2.49. The van der Waals surface area contributed by atoms with Gasteiger partial charge in [0.2, 0.25) is 0 Å². The van der Waals surface area contributed by atoms with Crippen molar-refractivity contribution in [3.63, 3.8) is 0 Å². The summed E-state index contributed by atoms with van der Waals surface area (Å²) in [5.41, 5.74) is -0.466. The van der Waals surface area contributed by atoms with Crippen molar-refractivity contribution >= 4 is 17.3 Å². The normalized spacial score (nSPS) is 11.7. The third-order valence-electron chi connectivity index (χ3n) is 2.49. The molecule has 0 aliphatic carbocycles. The van der Waals surface area contributed by atoms with Crippen molar-refractivity contribution in [2.45, 2.75) is 6.92 Å². The molecule has 2 N–H and O–H groups in total. The highest BCUT2D eigenvalue weighted by atomic mass is 19.1. The van der Waals surface area contributed by atoms with Crippen molar-refractivity contribution in [2.24, 2.45) is 5.92 Å². The number of halogens is 1. The molecule has 0 saturated heterocycles. The highest BCUT2D eigenvalue weighted by Gasteiger charge is 2.20. The van der Waals surface area contributed by atoms with Gasteiger partial charge in [-0.1, -0.05) is 6.92 Å². The maximum atomic E-state index is 13.4. The second-order valence-electron chi connectivity index (χ2n) is 3.88. The molecule has 19 heavy (non-hydrogen) atoms. The SMILES string of the molecule is COc1cc(NCC(C)C(=O)O)c([N+](=O)[O-])cc1F. The Morgan fingerprint density at radius 3 is 2.74 bits per heavy atom. The van der Waals surface area contributed by atoms with E-state index in [2.05, 4.69) is 5.32 Å². The molecule has 1 aromatic rings. The zero-order chi connectivity index (χ0) is 14.6. The molecule has 1 atom stereocenters. The van der Waals surface area contributed by atoms with Crippen molar-refractivity contribution < 1.29 is 24.0 Å². The van der Waals surface area contributed by atoms with Crippen LogP contribution in [0.15, 0.2) is 12.1 Å². The van der Waals surface area contributed by atoms with Crippen LogP contribution in [0.2, 0.25) is 0 Å². The Labute approximate surface area is 108 Å². The first kappa shape index (κ1) is 14.7. The highest BCUT2D eigenvalue weighted by Crippen LogP contribution is 2.31. The number of ether oxygens (including phenoxy) is 1. The van der Waals surface area contributed by atoms with Crippen molar-refractivity contribution in [2.75, 3.05) is 19.0 Å². The minimum absolute atomic E-state index is 0.0105. The average molecular weight is 272 g/mol. The van der Waals surface area contributed by atoms with Crippen molar-refractivity contribution in [1.29, 1.82) is 0 Å². The highest BCUT2D eigenvalue weighted by molar-refractivity contribution is 5.71. The lowest BCUT2D eigenvalue weighted by atomic mass is 10.1. The number of hydrogen-bond donors (Lipinski definition) is 2. The van der Waals surface area contributed by atoms with Gasteiger partial charge in [0.05, 0.1) is 24.0 Å². The second kappa shape index (κ2) is 5.98. The van der Waals surface area contributed by atoms with Crippen LogP contribution in [-0.4, -0.2) is 29.7 Å². The number of nitrogens with one attached hydrogen (secondary N) is 1. The molecule has 0 aromatic heterocycles. The van der Waals surface area contributed by atoms with Crippen LogP contribution in [0.4, 0.5) is 15.8 Å². The number of carboxylic acids is 1. The van der Waals surface area contributed by atoms with Gasteiger partial charge >= 0.3 is 5.97 Å². The number of aliphatic carboxylic acids is 1. The summed E-state index contributed by atoms with van der Waals surface area (Å²) in [6.07, 6.45) is 0. The van der Waals surface area contributed by atoms with E-state index >= 15 is 0 Å². The number of hydrogen-bond acceptors (Lipinski definition) is 5. The largest absolute Gasteiger partial charge is 0.494 e. The Balaban J connectivity index is 3.03. The first-order valence-corrected chi connectivity index (χ1v) is 5.35. The molecule has 7 nitrogen and oxygen atoms in total. The molecule has 0 radical (unpaired) electrons. The summed E-state index contributed by atoms with van der Waals surface area (Å²) in [6, 6.07) is 1.86. The van der Waals surface area contributed by atoms with Gasteiger partial charge in [0, 0.05) is 12.6 Å². The summed E-state index contributed by atoms with van der Waals surface area (Å²) in [4.78, 5) is 20.7. The fourth-order valence-electron chi connectivity index (χ4n) is 1.34. The fourth-order valence-corrected chi connectivity index (χ4v) is 1.34. The Morgan fingerprint density at radius 1 is 1.63 bits per heavy atom. The maximum Gasteiger partial charge on any atom is 0.308 e. The number of nitro benzene ring substituents is 1. The van der Waals surface area contributed by atoms with E-state index in [4.69, 9.17) is 9.84 Å². The molecular formula is C11H13FN2O5. The lowest BCUT2D eigenvalue weighted by Gasteiger charge is -2.11. The van der Waals surface area contributed by atoms with Gasteiger partial charge in [-0.2, -0.15) is 0 Å². The predicted molar refractivity (Wildman–Crippen MR) is 64.9 cm³/mol. The molecule has 1 rings (SSSR count). The van der Waals surface area contributed by atoms with E-state index in [-0.39, 0.29) is 18.0 Å². The zero-order valence-corrected chi connectivity index (χ0v) is 10.3. The van der Waals surface area contributed by atoms with Crippen LogP contribution in [0.1, 0.15) is 6.92 Å². The van der Waals surface area contributed by atoms with Gasteiger partial charge in [-0.15, -0.1) is 0 Å². The number of nitrogens with zero attached hydrogens (tertiary/aromatic N) is 1. The summed E-state index contributed by atoms with van der Waals surface area (Å²) in [6.45, 7) is 1.42. The van der Waals surface area contributed by atoms with Crippen molar-refractivity contribution in [3.05, 3.63) is 28.1 Å². The van der Waals surface area contributed by atoms with Crippen LogP contribution in [0.25, 0.3) is 0 Å². The van der Waals surface area contributed by atoms with E-state index in [9.17, 15) is 19.3 Å². The minimum Gasteiger partial charge on any atom is -0.494 e. The number of anilines is 1. The van der Waals surface area contributed by atoms with Crippen LogP contribution >= 0.6 is 0 Å². The Morgan fingerprint density at radius 2 is 2.26 bits per heavy atom. The molecule has 0 amide bonds. The predicted octanol–water partition coefficient (Wildman–Crippen LogP) is 1.88. The molecule has 1 unspecified atom stereocenters. The molecule has 0 aliphatic heterocycles. The lowest BCUT2D eigenvalue weighted by molar-refractivity contribution is -0.384. The quantitative estimate of drug-likeness (QED) is 0.605. The van der Waals surface area contributed by atoms with E-state index in [0.29, 0.717) is 0 Å². The molecule has 0 bridgehead atoms. The van der Waals surface area contributed by atoms with Gasteiger partial charge in [0.15, 0.2) is 11.6 Å². The molecular weight excluding hydrogens is 259 g/mol. The Hall–Kier alpha value is -2.38. The topological polar surface area (TPSA) is 102 Å². The van der Waals surface area contributed by atoms with Gasteiger partial charge in [-0.05, 0) is 0 Å². The van der Waals surface area contributed by atoms with Crippen LogP contribution in [0.3, 0.4) is 0 Å². The van der Waals surface area contributed by atoms with Gasteiger partial charge < -0.3 is 15.2 Å². The number of methoxy groups -OCH3 is 1. The molecule has 1 aromatic carbocycles. The lowest BCUT2D eigenvalue weighted by Crippen LogP contribution is -2.20. The number of rotatable bonds is 6. The summed E-state index contributed by atoms with van der Waals surface area (Å²) in [5.74, 6) is -2.79. The van der Waals surface area contributed by atoms with Crippen LogP contribution in [0.5, 0.6) is 5.75 Å². The Kier molecular flexibility index (Phi) is 4.62. The van der Waals surface area contributed by atoms with E-state index in [1.54, 1.807) is 0 Å². The van der Waals surface area contributed by atoms with Crippen molar-refractivity contribution in [3.8, 4) is 5.75 Å². The standard InChI is InChI=1S/C11H13FN2O5/c1-6(11(15)16)5-13-8-4-10(19-2)7(12)3-9(8)14(17)18/h3-4,6,13H,5H2,1-2H3,(H,15,16). The molecule has 0 aliphatic rings. The van der Waals surface area contributed by atoms with Gasteiger partial charge in [-0.3, -0.25) is 14.9 Å². The molecule has 0 saturated carbocycles. The first-order chi connectivity index (χ1) is 8.86. The van der Waals surface area contributed by atoms with Gasteiger partial charge in [0.1, 0.15) is 5.69 Å². The average Bonchev–Trinajstić information content (AvgIpc) is 2.35. The van der Waals surface area contributed by atoms with Crippen LogP contribution < -0.4 is 10.1 Å². The van der Waals surface area contributed by atoms with Crippen LogP contribution in [0, 0.1) is 21.8 Å². The number of carbonyl (C=O) groups is 1. The first-order valence-electron chi connectivity index (χ1n) is 5.35. The summed E-state index contributed by atoms with van der Waals surface area (Å²) in [7, 11) is 1.23. The van der Waals surface area contributed by atoms with E-state index in [1.165, 1.54) is 14.0 Å². The number of benzene rings is 1. The summed E-state index contributed by atoms with van der Waals surface area (Å²) >= 11 is 0. The van der Waals surface area contributed by atoms with Crippen LogP contribution in [-0.2, 0) is 4.79 Å². The smallest absolute Gasteiger partial charge is 0.308 e. The minimum atomic E-state index is -1.04.